The molecular formula is C9H12N2O3S. The summed E-state index contributed by atoms with van der Waals surface area (Å²) < 4.78 is 3.97. The quantitative estimate of drug-likeness (QED) is 0.621. The van der Waals surface area contributed by atoms with Crippen LogP contribution in [0.3, 0.4) is 0 Å². The highest BCUT2D eigenvalue weighted by atomic mass is 32.2. The summed E-state index contributed by atoms with van der Waals surface area (Å²) in [5.41, 5.74) is 0. The number of ether oxygens (including phenoxy) is 1. The molecule has 0 bridgehead atoms. The van der Waals surface area contributed by atoms with Crippen LogP contribution < -0.4 is 4.74 Å². The number of methoxy groups -OCH3 is 1. The zero-order valence-electron chi connectivity index (χ0n) is 8.72. The first-order valence-electron chi connectivity index (χ1n) is 4.25. The number of carbonyl (C=O) groups is 1. The van der Waals surface area contributed by atoms with Gasteiger partial charge in [-0.15, -0.1) is 0 Å². The lowest BCUT2D eigenvalue weighted by Gasteiger charge is -2.16. The van der Waals surface area contributed by atoms with Crippen molar-refractivity contribution in [3.05, 3.63) is 12.3 Å². The van der Waals surface area contributed by atoms with Crippen LogP contribution in [0.2, 0.25) is 0 Å². The zero-order chi connectivity index (χ0) is 11.5. The normalized spacial score (nSPS) is 11.1. The van der Waals surface area contributed by atoms with E-state index in [2.05, 4.69) is 9.97 Å². The van der Waals surface area contributed by atoms with Crippen LogP contribution in [-0.4, -0.2) is 32.9 Å². The Morgan fingerprint density at radius 3 is 2.80 bits per heavy atom. The molecule has 0 fully saturated rings. The lowest BCUT2D eigenvalue weighted by molar-refractivity contribution is -0.138. The van der Waals surface area contributed by atoms with Gasteiger partial charge in [-0.1, -0.05) is 11.8 Å². The van der Waals surface area contributed by atoms with E-state index >= 15 is 0 Å². The Labute approximate surface area is 91.9 Å². The summed E-state index contributed by atoms with van der Waals surface area (Å²) in [6.45, 7) is 3.20. The average Bonchev–Trinajstić information content (AvgIpc) is 2.17. The minimum atomic E-state index is -0.952. The van der Waals surface area contributed by atoms with Crippen molar-refractivity contribution in [3.8, 4) is 5.88 Å². The fraction of sp³-hybridized carbons (Fsp3) is 0.444. The van der Waals surface area contributed by atoms with E-state index in [0.29, 0.717) is 11.0 Å². The minimum Gasteiger partial charge on any atom is -0.481 e. The van der Waals surface area contributed by atoms with Crippen molar-refractivity contribution in [1.82, 2.24) is 9.97 Å². The molecular weight excluding hydrogens is 216 g/mol. The molecule has 1 aromatic heterocycles. The number of nitrogens with zero attached hydrogens (tertiary/aromatic N) is 2. The maximum absolute atomic E-state index is 10.9. The number of rotatable bonds is 4. The van der Waals surface area contributed by atoms with E-state index in [-0.39, 0.29) is 0 Å². The molecule has 15 heavy (non-hydrogen) atoms. The van der Waals surface area contributed by atoms with E-state index in [4.69, 9.17) is 9.84 Å². The van der Waals surface area contributed by atoms with Gasteiger partial charge in [0.05, 0.1) is 7.11 Å². The second-order valence-electron chi connectivity index (χ2n) is 3.30. The molecule has 0 saturated carbocycles. The number of carboxylic acids is 1. The number of thioether (sulfide) groups is 1. The number of aliphatic carboxylic acids is 1. The highest BCUT2D eigenvalue weighted by Crippen LogP contribution is 2.30. The smallest absolute Gasteiger partial charge is 0.319 e. The molecule has 6 heteroatoms. The molecule has 5 nitrogen and oxygen atoms in total. The van der Waals surface area contributed by atoms with Gasteiger partial charge in [0.25, 0.3) is 0 Å². The third-order valence-corrected chi connectivity index (χ3v) is 2.74. The van der Waals surface area contributed by atoms with Crippen LogP contribution in [0.4, 0.5) is 0 Å². The number of hydrogen-bond acceptors (Lipinski definition) is 5. The molecule has 0 saturated heterocycles. The van der Waals surface area contributed by atoms with Gasteiger partial charge in [0.1, 0.15) is 4.75 Å². The highest BCUT2D eigenvalue weighted by molar-refractivity contribution is 8.01. The Hall–Kier alpha value is -1.30. The SMILES string of the molecule is COc1ccnc(SC(C)(C)C(=O)O)n1. The van der Waals surface area contributed by atoms with Gasteiger partial charge in [0.15, 0.2) is 5.16 Å². The van der Waals surface area contributed by atoms with E-state index in [1.807, 2.05) is 0 Å². The third-order valence-electron chi connectivity index (χ3n) is 1.68. The van der Waals surface area contributed by atoms with Crippen molar-refractivity contribution < 1.29 is 14.6 Å². The fourth-order valence-electron chi connectivity index (χ4n) is 0.760. The van der Waals surface area contributed by atoms with Crippen molar-refractivity contribution in [2.24, 2.45) is 0 Å². The molecule has 0 aliphatic carbocycles. The zero-order valence-corrected chi connectivity index (χ0v) is 9.54. The Morgan fingerprint density at radius 1 is 1.60 bits per heavy atom. The van der Waals surface area contributed by atoms with Crippen LogP contribution in [0.25, 0.3) is 0 Å². The Bertz CT molecular complexity index is 368. The summed E-state index contributed by atoms with van der Waals surface area (Å²) in [5, 5.41) is 9.31. The van der Waals surface area contributed by atoms with E-state index in [1.165, 1.54) is 13.3 Å². The fourth-order valence-corrected chi connectivity index (χ4v) is 1.55. The summed E-state index contributed by atoms with van der Waals surface area (Å²) in [5.74, 6) is -0.479. The van der Waals surface area contributed by atoms with Crippen LogP contribution in [0.5, 0.6) is 5.88 Å². The highest BCUT2D eigenvalue weighted by Gasteiger charge is 2.29. The standard InChI is InChI=1S/C9H12N2O3S/c1-9(2,7(12)13)15-8-10-5-4-6(11-8)14-3/h4-5H,1-3H3,(H,12,13). The number of carboxylic acid groups (broad SMARTS) is 1. The maximum Gasteiger partial charge on any atom is 0.319 e. The minimum absolute atomic E-state index is 0.391. The van der Waals surface area contributed by atoms with Gasteiger partial charge in [-0.05, 0) is 13.8 Å². The first-order valence-corrected chi connectivity index (χ1v) is 5.07. The third kappa shape index (κ3) is 3.09. The van der Waals surface area contributed by atoms with Gasteiger partial charge in [0.2, 0.25) is 5.88 Å². The lowest BCUT2D eigenvalue weighted by atomic mass is 10.2. The van der Waals surface area contributed by atoms with Crippen LogP contribution in [0, 0.1) is 0 Å². The van der Waals surface area contributed by atoms with Crippen molar-refractivity contribution in [1.29, 1.82) is 0 Å². The van der Waals surface area contributed by atoms with Gasteiger partial charge in [-0.2, -0.15) is 4.98 Å². The van der Waals surface area contributed by atoms with Gasteiger partial charge in [-0.3, -0.25) is 4.79 Å². The van der Waals surface area contributed by atoms with Gasteiger partial charge >= 0.3 is 5.97 Å². The van der Waals surface area contributed by atoms with Crippen LogP contribution in [0.15, 0.2) is 17.4 Å². The van der Waals surface area contributed by atoms with Crippen molar-refractivity contribution in [2.75, 3.05) is 7.11 Å². The largest absolute Gasteiger partial charge is 0.481 e. The van der Waals surface area contributed by atoms with E-state index in [1.54, 1.807) is 19.9 Å². The molecule has 0 aliphatic rings. The first kappa shape index (κ1) is 11.8. The Balaban J connectivity index is 2.85. The molecule has 82 valence electrons. The van der Waals surface area contributed by atoms with Gasteiger partial charge in [-0.25, -0.2) is 4.98 Å². The van der Waals surface area contributed by atoms with Gasteiger partial charge < -0.3 is 9.84 Å². The second-order valence-corrected chi connectivity index (χ2v) is 4.89. The summed E-state index contributed by atoms with van der Waals surface area (Å²) in [7, 11) is 1.50. The van der Waals surface area contributed by atoms with Crippen LogP contribution >= 0.6 is 11.8 Å². The van der Waals surface area contributed by atoms with Crippen LogP contribution in [-0.2, 0) is 4.79 Å². The molecule has 0 atom stereocenters. The Morgan fingerprint density at radius 2 is 2.27 bits per heavy atom. The second kappa shape index (κ2) is 4.48. The van der Waals surface area contributed by atoms with Crippen molar-refractivity contribution in [3.63, 3.8) is 0 Å². The molecule has 1 rings (SSSR count). The monoisotopic (exact) mass is 228 g/mol. The molecule has 0 amide bonds. The van der Waals surface area contributed by atoms with E-state index in [0.717, 1.165) is 11.8 Å². The topological polar surface area (TPSA) is 72.3 Å². The van der Waals surface area contributed by atoms with Gasteiger partial charge in [0, 0.05) is 12.3 Å². The molecule has 0 aliphatic heterocycles. The van der Waals surface area contributed by atoms with Crippen molar-refractivity contribution in [2.45, 2.75) is 23.8 Å². The number of aromatic nitrogens is 2. The molecule has 0 spiro atoms. The summed E-state index contributed by atoms with van der Waals surface area (Å²) in [6.07, 6.45) is 1.53. The molecule has 1 N–H and O–H groups in total. The summed E-state index contributed by atoms with van der Waals surface area (Å²) in [6, 6.07) is 1.61. The molecule has 0 unspecified atom stereocenters. The predicted molar refractivity (Wildman–Crippen MR) is 56.2 cm³/mol. The average molecular weight is 228 g/mol. The predicted octanol–water partition coefficient (Wildman–Crippen LogP) is 1.44. The van der Waals surface area contributed by atoms with E-state index < -0.39 is 10.7 Å². The summed E-state index contributed by atoms with van der Waals surface area (Å²) in [4.78, 5) is 18.9. The van der Waals surface area contributed by atoms with E-state index in [9.17, 15) is 4.79 Å². The summed E-state index contributed by atoms with van der Waals surface area (Å²) >= 11 is 1.08. The first-order chi connectivity index (χ1) is 6.95. The molecule has 0 aromatic carbocycles. The molecule has 1 heterocycles. The number of hydrogen-bond donors (Lipinski definition) is 1. The van der Waals surface area contributed by atoms with Crippen LogP contribution in [0.1, 0.15) is 13.8 Å². The molecule has 1 aromatic rings. The maximum atomic E-state index is 10.9. The lowest BCUT2D eigenvalue weighted by Crippen LogP contribution is -2.27. The van der Waals surface area contributed by atoms with Crippen molar-refractivity contribution >= 4 is 17.7 Å². The Kier molecular flexibility index (Phi) is 3.52. The molecule has 0 radical (unpaired) electrons.